The Bertz CT molecular complexity index is 2760. The van der Waals surface area contributed by atoms with Gasteiger partial charge in [-0.1, -0.05) is 217 Å². The number of nitrogens with zero attached hydrogens (tertiary/aromatic N) is 1. The highest BCUT2D eigenvalue weighted by Gasteiger charge is 2.28. The van der Waals surface area contributed by atoms with Crippen molar-refractivity contribution in [3.8, 4) is 0 Å². The highest BCUT2D eigenvalue weighted by molar-refractivity contribution is 6.22. The Labute approximate surface area is 362 Å². The molecule has 0 aromatic heterocycles. The molecular formula is C59H54N2. The fraction of sp³-hybridized carbons (Fsp3) is 0.153. The monoisotopic (exact) mass is 790 g/mol. The van der Waals surface area contributed by atoms with Crippen LogP contribution in [0.15, 0.2) is 212 Å². The first-order chi connectivity index (χ1) is 29.5. The maximum atomic E-state index is 3.91. The van der Waals surface area contributed by atoms with Crippen molar-refractivity contribution in [2.24, 2.45) is 0 Å². The van der Waals surface area contributed by atoms with Gasteiger partial charge in [-0.3, -0.25) is 0 Å². The van der Waals surface area contributed by atoms with Gasteiger partial charge in [0, 0.05) is 54.9 Å². The van der Waals surface area contributed by atoms with Gasteiger partial charge in [-0.2, -0.15) is 0 Å². The van der Waals surface area contributed by atoms with E-state index in [1.807, 2.05) is 0 Å². The molecule has 0 aliphatic rings. The minimum absolute atomic E-state index is 0.116. The van der Waals surface area contributed by atoms with Crippen molar-refractivity contribution in [3.63, 3.8) is 0 Å². The average Bonchev–Trinajstić information content (AvgIpc) is 3.31. The lowest BCUT2D eigenvalue weighted by atomic mass is 9.78. The molecule has 0 aliphatic carbocycles. The summed E-state index contributed by atoms with van der Waals surface area (Å²) in [7, 11) is 0. The van der Waals surface area contributed by atoms with Crippen LogP contribution in [-0.2, 0) is 16.2 Å². The fourth-order valence-electron chi connectivity index (χ4n) is 9.12. The second-order valence-electron chi connectivity index (χ2n) is 17.9. The minimum Gasteiger partial charge on any atom is -0.355 e. The van der Waals surface area contributed by atoms with E-state index in [1.165, 1.54) is 54.9 Å². The molecular weight excluding hydrogens is 737 g/mol. The second-order valence-corrected chi connectivity index (χ2v) is 17.9. The molecule has 300 valence electrons. The van der Waals surface area contributed by atoms with E-state index in [1.54, 1.807) is 0 Å². The summed E-state index contributed by atoms with van der Waals surface area (Å²) in [6.07, 6.45) is 0. The van der Waals surface area contributed by atoms with Gasteiger partial charge < -0.3 is 10.2 Å². The van der Waals surface area contributed by atoms with E-state index >= 15 is 0 Å². The molecule has 0 bridgehead atoms. The molecule has 0 atom stereocenters. The summed E-state index contributed by atoms with van der Waals surface area (Å²) in [4.78, 5) is 2.47. The number of rotatable bonds is 11. The molecule has 0 spiro atoms. The molecule has 9 aromatic carbocycles. The smallest absolute Gasteiger partial charge is 0.0619 e. The Kier molecular flexibility index (Phi) is 10.3. The van der Waals surface area contributed by atoms with Crippen LogP contribution in [0.3, 0.4) is 0 Å². The van der Waals surface area contributed by atoms with Crippen molar-refractivity contribution >= 4 is 50.0 Å². The van der Waals surface area contributed by atoms with Crippen LogP contribution in [0.5, 0.6) is 0 Å². The van der Waals surface area contributed by atoms with E-state index in [-0.39, 0.29) is 16.2 Å². The van der Waals surface area contributed by atoms with E-state index in [9.17, 15) is 0 Å². The summed E-state index contributed by atoms with van der Waals surface area (Å²) >= 11 is 0. The van der Waals surface area contributed by atoms with Crippen LogP contribution < -0.4 is 10.2 Å². The third-order valence-electron chi connectivity index (χ3n) is 13.2. The summed E-state index contributed by atoms with van der Waals surface area (Å²) < 4.78 is 0. The summed E-state index contributed by atoms with van der Waals surface area (Å²) in [5.41, 5.74) is 12.8. The van der Waals surface area contributed by atoms with Gasteiger partial charge >= 0.3 is 0 Å². The van der Waals surface area contributed by atoms with Crippen LogP contribution >= 0.6 is 0 Å². The van der Waals surface area contributed by atoms with Gasteiger partial charge in [0.25, 0.3) is 0 Å². The van der Waals surface area contributed by atoms with Crippen LogP contribution in [0.1, 0.15) is 74.9 Å². The van der Waals surface area contributed by atoms with Crippen molar-refractivity contribution < 1.29 is 0 Å². The molecule has 0 unspecified atom stereocenters. The topological polar surface area (TPSA) is 15.3 Å². The number of hydrogen-bond donors (Lipinski definition) is 1. The van der Waals surface area contributed by atoms with Gasteiger partial charge in [0.2, 0.25) is 0 Å². The first-order valence-corrected chi connectivity index (χ1v) is 21.5. The largest absolute Gasteiger partial charge is 0.355 e. The molecule has 61 heavy (non-hydrogen) atoms. The van der Waals surface area contributed by atoms with Gasteiger partial charge in [0.15, 0.2) is 0 Å². The van der Waals surface area contributed by atoms with Crippen LogP contribution in [0, 0.1) is 0 Å². The highest BCUT2D eigenvalue weighted by Crippen LogP contribution is 2.48. The number of fused-ring (bicyclic) bond motifs is 2. The third-order valence-corrected chi connectivity index (χ3v) is 13.2. The van der Waals surface area contributed by atoms with E-state index in [0.29, 0.717) is 0 Å². The first-order valence-electron chi connectivity index (χ1n) is 21.5. The van der Waals surface area contributed by atoms with Crippen LogP contribution in [0.2, 0.25) is 0 Å². The Morgan fingerprint density at radius 2 is 0.574 bits per heavy atom. The van der Waals surface area contributed by atoms with Crippen LogP contribution in [0.4, 0.5) is 28.4 Å². The van der Waals surface area contributed by atoms with Crippen molar-refractivity contribution in [2.75, 3.05) is 10.2 Å². The molecule has 0 saturated heterocycles. The van der Waals surface area contributed by atoms with Gasteiger partial charge in [-0.05, 0) is 69.8 Å². The molecule has 1 N–H and O–H groups in total. The number of benzene rings is 9. The van der Waals surface area contributed by atoms with E-state index < -0.39 is 0 Å². The average molecular weight is 791 g/mol. The van der Waals surface area contributed by atoms with Gasteiger partial charge in [-0.15, -0.1) is 0 Å². The number of nitrogens with one attached hydrogen (secondary N) is 1. The molecule has 0 fully saturated rings. The lowest BCUT2D eigenvalue weighted by Gasteiger charge is -2.32. The summed E-state index contributed by atoms with van der Waals surface area (Å²) in [5, 5.41) is 8.59. The fourth-order valence-corrected chi connectivity index (χ4v) is 9.12. The maximum Gasteiger partial charge on any atom is 0.0619 e. The molecule has 0 saturated carbocycles. The number of hydrogen-bond acceptors (Lipinski definition) is 2. The summed E-state index contributed by atoms with van der Waals surface area (Å²) in [6, 6.07) is 77.5. The predicted molar refractivity (Wildman–Crippen MR) is 262 cm³/mol. The zero-order valence-electron chi connectivity index (χ0n) is 36.2. The normalized spacial score (nSPS) is 12.1. The maximum absolute atomic E-state index is 3.91. The molecule has 0 amide bonds. The Hall–Kier alpha value is -6.90. The zero-order valence-corrected chi connectivity index (χ0v) is 36.2. The van der Waals surface area contributed by atoms with Crippen molar-refractivity contribution in [1.29, 1.82) is 0 Å². The molecule has 9 rings (SSSR count). The highest BCUT2D eigenvalue weighted by atomic mass is 15.1. The molecule has 0 radical (unpaired) electrons. The van der Waals surface area contributed by atoms with E-state index in [0.717, 1.165) is 28.4 Å². The van der Waals surface area contributed by atoms with Crippen molar-refractivity contribution in [3.05, 3.63) is 246 Å². The summed E-state index contributed by atoms with van der Waals surface area (Å²) in [6.45, 7) is 13.8. The van der Waals surface area contributed by atoms with Gasteiger partial charge in [-0.25, -0.2) is 0 Å². The molecule has 0 aliphatic heterocycles. The second kappa shape index (κ2) is 15.9. The molecule has 2 heteroatoms. The Balaban J connectivity index is 1.18. The zero-order chi connectivity index (χ0) is 42.2. The SMILES string of the molecule is CC(C)(c1ccccc1)c1ccc(Nc2c3ccccc3c(N(c3ccc(C(C)(C)c4ccccc4)cc3)c3ccc(C(C)(C)c4ccccc4)cc3)c3ccccc23)cc1. The van der Waals surface area contributed by atoms with Gasteiger partial charge in [0.1, 0.15) is 0 Å². The standard InChI is InChI=1S/C59H54N2/c1-57(2,42-20-10-7-11-21-42)45-30-36-48(37-31-45)60-55-51-26-16-18-28-53(51)56(54-29-19-17-27-52(54)55)61(49-38-32-46(33-39-49)58(3,4)43-22-12-8-13-23-43)50-40-34-47(35-41-50)59(5,6)44-24-14-9-15-25-44/h7-41,60H,1-6H3. The molecule has 9 aromatic rings. The lowest BCUT2D eigenvalue weighted by Crippen LogP contribution is -2.20. The number of anilines is 5. The van der Waals surface area contributed by atoms with E-state index in [4.69, 9.17) is 0 Å². The van der Waals surface area contributed by atoms with Crippen molar-refractivity contribution in [2.45, 2.75) is 57.8 Å². The lowest BCUT2D eigenvalue weighted by molar-refractivity contribution is 0.640. The third kappa shape index (κ3) is 7.38. The first kappa shape index (κ1) is 39.6. The summed E-state index contributed by atoms with van der Waals surface area (Å²) in [5.74, 6) is 0. The van der Waals surface area contributed by atoms with Crippen molar-refractivity contribution in [1.82, 2.24) is 0 Å². The Morgan fingerprint density at radius 3 is 0.918 bits per heavy atom. The Morgan fingerprint density at radius 1 is 0.295 bits per heavy atom. The molecule has 0 heterocycles. The quantitative estimate of drug-likeness (QED) is 0.104. The van der Waals surface area contributed by atoms with E-state index in [2.05, 4.69) is 264 Å². The van der Waals surface area contributed by atoms with Crippen LogP contribution in [-0.4, -0.2) is 0 Å². The van der Waals surface area contributed by atoms with Gasteiger partial charge in [0.05, 0.1) is 11.4 Å². The predicted octanol–water partition coefficient (Wildman–Crippen LogP) is 16.2. The molecule has 2 nitrogen and oxygen atoms in total. The van der Waals surface area contributed by atoms with Crippen LogP contribution in [0.25, 0.3) is 21.5 Å². The minimum atomic E-state index is -0.155.